The lowest BCUT2D eigenvalue weighted by Gasteiger charge is -2.20. The Labute approximate surface area is 323 Å². The second kappa shape index (κ2) is 36.1. The lowest BCUT2D eigenvalue weighted by atomic mass is 10.1. The zero-order chi connectivity index (χ0) is 40.0. The van der Waals surface area contributed by atoms with Crippen molar-refractivity contribution < 1.29 is 47.5 Å². The van der Waals surface area contributed by atoms with Crippen LogP contribution in [-0.4, -0.2) is 59.9 Å². The third-order valence-electron chi connectivity index (χ3n) is 7.24. The first kappa shape index (κ1) is 50.1. The van der Waals surface area contributed by atoms with Crippen LogP contribution >= 0.6 is 7.82 Å². The highest BCUT2D eigenvalue weighted by Crippen LogP contribution is 2.43. The van der Waals surface area contributed by atoms with E-state index in [0.29, 0.717) is 12.8 Å². The van der Waals surface area contributed by atoms with E-state index in [4.69, 9.17) is 24.8 Å². The van der Waals surface area contributed by atoms with Gasteiger partial charge in [-0.2, -0.15) is 0 Å². The molecule has 0 radical (unpaired) electrons. The Morgan fingerprint density at radius 2 is 0.981 bits per heavy atom. The van der Waals surface area contributed by atoms with E-state index in [-0.39, 0.29) is 19.4 Å². The number of rotatable bonds is 33. The molecule has 2 unspecified atom stereocenters. The Kier molecular flexibility index (Phi) is 33.6. The topological polar surface area (TPSA) is 172 Å². The summed E-state index contributed by atoms with van der Waals surface area (Å²) >= 11 is 0. The van der Waals surface area contributed by atoms with Crippen molar-refractivity contribution in [3.63, 3.8) is 0 Å². The van der Waals surface area contributed by atoms with Crippen LogP contribution in [0.1, 0.15) is 104 Å². The van der Waals surface area contributed by atoms with Crippen LogP contribution in [0.15, 0.2) is 109 Å². The zero-order valence-corrected chi connectivity index (χ0v) is 33.1. The van der Waals surface area contributed by atoms with Gasteiger partial charge in [-0.1, -0.05) is 149 Å². The first-order chi connectivity index (χ1) is 26.1. The number of hydrogen-bond acceptors (Lipinski definition) is 9. The number of nitrogens with two attached hydrogens (primary N) is 1. The molecule has 0 amide bonds. The van der Waals surface area contributed by atoms with Crippen molar-refractivity contribution in [3.8, 4) is 0 Å². The fourth-order valence-corrected chi connectivity index (χ4v) is 5.05. The van der Waals surface area contributed by atoms with Gasteiger partial charge in [-0.15, -0.1) is 0 Å². The lowest BCUT2D eigenvalue weighted by molar-refractivity contribution is -0.161. The molecule has 0 heterocycles. The molecule has 0 fully saturated rings. The molecule has 0 aromatic rings. The van der Waals surface area contributed by atoms with E-state index in [9.17, 15) is 23.8 Å². The van der Waals surface area contributed by atoms with Gasteiger partial charge >= 0.3 is 25.7 Å². The van der Waals surface area contributed by atoms with Crippen LogP contribution in [0.4, 0.5) is 0 Å². The minimum Gasteiger partial charge on any atom is -0.480 e. The van der Waals surface area contributed by atoms with Crippen LogP contribution in [0.2, 0.25) is 0 Å². The summed E-state index contributed by atoms with van der Waals surface area (Å²) < 4.78 is 32.5. The number of ether oxygens (including phenoxy) is 2. The Hall–Kier alpha value is -3.86. The standard InChI is InChI=1S/C42H64NO10P/c1-3-5-7-9-11-13-15-17-18-19-20-22-23-25-27-29-31-33-40(44)50-35-38(36-51-54(48,49)52-37-39(43)42(46)47)53-41(45)34-32-30-28-26-24-21-16-14-12-10-8-6-4-2/h5-20,22-23,38-39H,3-4,21,24-37,43H2,1-2H3,(H,46,47)(H,48,49)/b7-5+,8-6+,11-9+,12-10+,15-13+,16-14+,18-17+,20-19+,23-22+/t38?,39-/m0/s1. The van der Waals surface area contributed by atoms with Gasteiger partial charge in [0.15, 0.2) is 6.10 Å². The molecule has 0 saturated carbocycles. The highest BCUT2D eigenvalue weighted by Gasteiger charge is 2.28. The summed E-state index contributed by atoms with van der Waals surface area (Å²) in [7, 11) is -4.74. The van der Waals surface area contributed by atoms with Crippen LogP contribution in [0.25, 0.3) is 0 Å². The highest BCUT2D eigenvalue weighted by molar-refractivity contribution is 7.47. The number of unbranched alkanes of at least 4 members (excludes halogenated alkanes) is 8. The lowest BCUT2D eigenvalue weighted by Crippen LogP contribution is -2.34. The molecule has 0 bridgehead atoms. The van der Waals surface area contributed by atoms with Crippen molar-refractivity contribution in [1.82, 2.24) is 0 Å². The average Bonchev–Trinajstić information content (AvgIpc) is 3.14. The minimum absolute atomic E-state index is 0.120. The number of allylic oxidation sites excluding steroid dienone is 18. The number of aliphatic carboxylic acids is 1. The molecule has 54 heavy (non-hydrogen) atoms. The summed E-state index contributed by atoms with van der Waals surface area (Å²) in [5.41, 5.74) is 5.31. The van der Waals surface area contributed by atoms with Gasteiger partial charge in [-0.3, -0.25) is 23.4 Å². The SMILES string of the molecule is CC/C=C/C=C/C=C/C=C/C=C/C=C/CCCCCC(=O)OCC(COP(=O)(O)OC[C@H](N)C(=O)O)OC(=O)CCCCCCC/C=C/C=C/C=C/CC. The van der Waals surface area contributed by atoms with Crippen LogP contribution in [0.5, 0.6) is 0 Å². The van der Waals surface area contributed by atoms with E-state index in [2.05, 4.69) is 42.7 Å². The van der Waals surface area contributed by atoms with Gasteiger partial charge in [0.25, 0.3) is 0 Å². The van der Waals surface area contributed by atoms with Gasteiger partial charge in [0.05, 0.1) is 13.2 Å². The summed E-state index contributed by atoms with van der Waals surface area (Å²) in [5, 5.41) is 8.86. The molecular formula is C42H64NO10P. The number of esters is 2. The first-order valence-corrected chi connectivity index (χ1v) is 20.5. The summed E-state index contributed by atoms with van der Waals surface area (Å²) in [4.78, 5) is 45.8. The Morgan fingerprint density at radius 3 is 1.48 bits per heavy atom. The number of phosphoric ester groups is 1. The highest BCUT2D eigenvalue weighted by atomic mass is 31.2. The molecule has 0 spiro atoms. The minimum atomic E-state index is -4.74. The first-order valence-electron chi connectivity index (χ1n) is 19.0. The molecule has 0 aliphatic carbocycles. The molecule has 0 rings (SSSR count). The molecule has 3 atom stereocenters. The molecule has 0 aromatic carbocycles. The molecule has 0 saturated heterocycles. The number of carbonyl (C=O) groups is 3. The van der Waals surface area contributed by atoms with Crippen molar-refractivity contribution in [1.29, 1.82) is 0 Å². The van der Waals surface area contributed by atoms with Gasteiger partial charge in [0.2, 0.25) is 0 Å². The van der Waals surface area contributed by atoms with E-state index in [0.717, 1.165) is 64.2 Å². The number of phosphoric acid groups is 1. The molecule has 0 aliphatic heterocycles. The Bertz CT molecular complexity index is 1330. The Balaban J connectivity index is 4.59. The van der Waals surface area contributed by atoms with Crippen LogP contribution in [0.3, 0.4) is 0 Å². The number of hydrogen-bond donors (Lipinski definition) is 3. The van der Waals surface area contributed by atoms with Crippen LogP contribution in [-0.2, 0) is 37.5 Å². The smallest absolute Gasteiger partial charge is 0.472 e. The average molecular weight is 774 g/mol. The largest absolute Gasteiger partial charge is 0.480 e. The molecule has 4 N–H and O–H groups in total. The van der Waals surface area contributed by atoms with Gasteiger partial charge in [-0.25, -0.2) is 4.57 Å². The van der Waals surface area contributed by atoms with Gasteiger partial charge < -0.3 is 25.2 Å². The number of carboxylic acids is 1. The molecule has 11 nitrogen and oxygen atoms in total. The summed E-state index contributed by atoms with van der Waals surface area (Å²) in [6.07, 6.45) is 45.9. The van der Waals surface area contributed by atoms with Crippen molar-refractivity contribution in [3.05, 3.63) is 109 Å². The van der Waals surface area contributed by atoms with E-state index < -0.39 is 51.1 Å². The maximum absolute atomic E-state index is 12.6. The number of carbonyl (C=O) groups excluding carboxylic acids is 2. The second-order valence-corrected chi connectivity index (χ2v) is 13.6. The molecule has 12 heteroatoms. The van der Waals surface area contributed by atoms with Gasteiger partial charge in [0, 0.05) is 12.8 Å². The maximum atomic E-state index is 12.6. The van der Waals surface area contributed by atoms with E-state index in [1.54, 1.807) is 0 Å². The Morgan fingerprint density at radius 1 is 0.574 bits per heavy atom. The normalized spacial score (nSPS) is 15.0. The monoisotopic (exact) mass is 773 g/mol. The number of carboxylic acid groups (broad SMARTS) is 1. The predicted molar refractivity (Wildman–Crippen MR) is 216 cm³/mol. The fourth-order valence-electron chi connectivity index (χ4n) is 4.27. The van der Waals surface area contributed by atoms with Crippen LogP contribution in [0, 0.1) is 0 Å². The predicted octanol–water partition coefficient (Wildman–Crippen LogP) is 9.49. The maximum Gasteiger partial charge on any atom is 0.472 e. The van der Waals surface area contributed by atoms with E-state index >= 15 is 0 Å². The zero-order valence-electron chi connectivity index (χ0n) is 32.3. The summed E-state index contributed by atoms with van der Waals surface area (Å²) in [6.45, 7) is 2.41. The summed E-state index contributed by atoms with van der Waals surface area (Å²) in [6, 6.07) is -1.54. The molecule has 0 aromatic heterocycles. The van der Waals surface area contributed by atoms with E-state index in [1.165, 1.54) is 0 Å². The summed E-state index contributed by atoms with van der Waals surface area (Å²) in [5.74, 6) is -2.49. The van der Waals surface area contributed by atoms with Crippen LogP contribution < -0.4 is 5.73 Å². The molecule has 302 valence electrons. The molecular weight excluding hydrogens is 709 g/mol. The third-order valence-corrected chi connectivity index (χ3v) is 8.19. The van der Waals surface area contributed by atoms with Crippen molar-refractivity contribution in [2.24, 2.45) is 5.73 Å². The third kappa shape index (κ3) is 35.2. The fraction of sp³-hybridized carbons (Fsp3) is 0.500. The second-order valence-electron chi connectivity index (χ2n) is 12.2. The van der Waals surface area contributed by atoms with Gasteiger partial charge in [0.1, 0.15) is 12.6 Å². The van der Waals surface area contributed by atoms with Crippen molar-refractivity contribution >= 4 is 25.7 Å². The van der Waals surface area contributed by atoms with E-state index in [1.807, 2.05) is 85.1 Å². The van der Waals surface area contributed by atoms with Crippen molar-refractivity contribution in [2.75, 3.05) is 19.8 Å². The van der Waals surface area contributed by atoms with Crippen molar-refractivity contribution in [2.45, 2.75) is 116 Å². The quantitative estimate of drug-likeness (QED) is 0.0251. The molecule has 0 aliphatic rings. The van der Waals surface area contributed by atoms with Gasteiger partial charge in [-0.05, 0) is 51.4 Å².